The van der Waals surface area contributed by atoms with Gasteiger partial charge >= 0.3 is 0 Å². The SMILES string of the molecule is CN=C/C(=C\N)CN1C(=O)c2cc(SNC3(C)CC3)cc(C3CC3)c2N2C1=NCC2C. The molecule has 2 aliphatic heterocycles. The third-order valence-electron chi connectivity index (χ3n) is 6.51. The van der Waals surface area contributed by atoms with Crippen LogP contribution >= 0.6 is 11.9 Å². The first-order valence-electron chi connectivity index (χ1n) is 11.0. The van der Waals surface area contributed by atoms with E-state index in [4.69, 9.17) is 10.7 Å². The van der Waals surface area contributed by atoms with Crippen LogP contribution in [0.5, 0.6) is 0 Å². The van der Waals surface area contributed by atoms with Crippen LogP contribution in [0.2, 0.25) is 0 Å². The molecule has 1 unspecified atom stereocenters. The van der Waals surface area contributed by atoms with Crippen LogP contribution in [0.15, 0.2) is 38.8 Å². The highest BCUT2D eigenvalue weighted by Crippen LogP contribution is 2.50. The summed E-state index contributed by atoms with van der Waals surface area (Å²) in [5.41, 5.74) is 9.95. The number of rotatable bonds is 7. The Hall–Kier alpha value is -2.32. The van der Waals surface area contributed by atoms with Crippen molar-refractivity contribution in [3.8, 4) is 0 Å². The summed E-state index contributed by atoms with van der Waals surface area (Å²) >= 11 is 1.66. The molecule has 2 heterocycles. The van der Waals surface area contributed by atoms with Gasteiger partial charge in [-0.1, -0.05) is 0 Å². The van der Waals surface area contributed by atoms with E-state index in [1.54, 1.807) is 30.1 Å². The smallest absolute Gasteiger partial charge is 0.263 e. The van der Waals surface area contributed by atoms with E-state index in [0.717, 1.165) is 27.7 Å². The van der Waals surface area contributed by atoms with Crippen LogP contribution in [-0.4, -0.2) is 54.7 Å². The summed E-state index contributed by atoms with van der Waals surface area (Å²) in [4.78, 5) is 27.7. The number of hydrogen-bond acceptors (Lipinski definition) is 7. The molecule has 0 spiro atoms. The summed E-state index contributed by atoms with van der Waals surface area (Å²) in [6.07, 6.45) is 7.99. The number of nitrogens with one attached hydrogen (secondary N) is 1. The van der Waals surface area contributed by atoms with Gasteiger partial charge in [0, 0.05) is 35.5 Å². The number of amides is 1. The third-order valence-corrected chi connectivity index (χ3v) is 7.57. The van der Waals surface area contributed by atoms with Crippen LogP contribution in [0.4, 0.5) is 5.69 Å². The number of nitrogens with zero attached hydrogens (tertiary/aromatic N) is 4. The number of anilines is 1. The maximum absolute atomic E-state index is 13.8. The number of fused-ring (bicyclic) bond motifs is 3. The van der Waals surface area contributed by atoms with Crippen LogP contribution < -0.4 is 15.4 Å². The summed E-state index contributed by atoms with van der Waals surface area (Å²) in [5.74, 6) is 1.26. The lowest BCUT2D eigenvalue weighted by molar-refractivity contribution is 0.0850. The zero-order chi connectivity index (χ0) is 21.8. The Morgan fingerprint density at radius 2 is 2.19 bits per heavy atom. The lowest BCUT2D eigenvalue weighted by Gasteiger charge is -2.39. The van der Waals surface area contributed by atoms with Crippen molar-refractivity contribution >= 4 is 35.7 Å². The number of nitrogens with two attached hydrogens (primary N) is 1. The highest BCUT2D eigenvalue weighted by Gasteiger charge is 2.44. The minimum absolute atomic E-state index is 0.00932. The largest absolute Gasteiger partial charge is 0.404 e. The lowest BCUT2D eigenvalue weighted by atomic mass is 9.98. The molecule has 8 heteroatoms. The highest BCUT2D eigenvalue weighted by atomic mass is 32.2. The molecule has 0 radical (unpaired) electrons. The van der Waals surface area contributed by atoms with Crippen molar-refractivity contribution in [1.29, 1.82) is 0 Å². The standard InChI is InChI=1S/C23H30N6OS/c1-14-11-26-22-28(13-15(10-24)12-25-3)21(30)19-9-17(31-27-23(2)6-7-23)8-18(16-4-5-16)20(19)29(14)22/h8-10,12,14,16,27H,4-7,11,13,24H2,1-3H3/b15-10+,25-12?. The van der Waals surface area contributed by atoms with Crippen molar-refractivity contribution in [3.05, 3.63) is 35.0 Å². The molecule has 4 aliphatic rings. The number of aliphatic imine (C=N–C) groups is 2. The maximum Gasteiger partial charge on any atom is 0.263 e. The molecule has 164 valence electrons. The maximum atomic E-state index is 13.8. The van der Waals surface area contributed by atoms with Gasteiger partial charge in [0.1, 0.15) is 0 Å². The van der Waals surface area contributed by atoms with Crippen LogP contribution in [0.1, 0.15) is 61.4 Å². The van der Waals surface area contributed by atoms with E-state index >= 15 is 0 Å². The Kier molecular flexibility index (Phi) is 5.09. The van der Waals surface area contributed by atoms with Gasteiger partial charge in [-0.2, -0.15) is 0 Å². The van der Waals surface area contributed by atoms with Gasteiger partial charge in [-0.15, -0.1) is 0 Å². The second kappa shape index (κ2) is 7.67. The molecule has 5 rings (SSSR count). The minimum atomic E-state index is -0.00932. The van der Waals surface area contributed by atoms with Gasteiger partial charge in [0.15, 0.2) is 0 Å². The average Bonchev–Trinajstić information content (AvgIpc) is 3.69. The molecule has 31 heavy (non-hydrogen) atoms. The fourth-order valence-corrected chi connectivity index (χ4v) is 5.20. The van der Waals surface area contributed by atoms with Gasteiger partial charge in [0.05, 0.1) is 30.4 Å². The van der Waals surface area contributed by atoms with Crippen molar-refractivity contribution in [2.75, 3.05) is 25.0 Å². The molecule has 2 saturated carbocycles. The van der Waals surface area contributed by atoms with Crippen LogP contribution in [-0.2, 0) is 0 Å². The van der Waals surface area contributed by atoms with E-state index in [1.165, 1.54) is 37.4 Å². The Labute approximate surface area is 188 Å². The van der Waals surface area contributed by atoms with E-state index in [1.807, 2.05) is 0 Å². The molecule has 0 aromatic heterocycles. The van der Waals surface area contributed by atoms with Crippen molar-refractivity contribution in [2.24, 2.45) is 15.7 Å². The van der Waals surface area contributed by atoms with Gasteiger partial charge in [0.25, 0.3) is 5.91 Å². The molecule has 1 aromatic carbocycles. The first kappa shape index (κ1) is 20.6. The van der Waals surface area contributed by atoms with Crippen molar-refractivity contribution in [1.82, 2.24) is 9.62 Å². The monoisotopic (exact) mass is 438 g/mol. The molecule has 0 bridgehead atoms. The Bertz CT molecular complexity index is 1010. The van der Waals surface area contributed by atoms with E-state index < -0.39 is 0 Å². The molecule has 7 nitrogen and oxygen atoms in total. The van der Waals surface area contributed by atoms with Crippen molar-refractivity contribution < 1.29 is 4.79 Å². The number of benzene rings is 1. The Morgan fingerprint density at radius 3 is 2.84 bits per heavy atom. The predicted octanol–water partition coefficient (Wildman–Crippen LogP) is 3.28. The Morgan fingerprint density at radius 1 is 1.42 bits per heavy atom. The van der Waals surface area contributed by atoms with Gasteiger partial charge < -0.3 is 10.6 Å². The van der Waals surface area contributed by atoms with Gasteiger partial charge in [-0.25, -0.2) is 0 Å². The first-order valence-corrected chi connectivity index (χ1v) is 11.9. The molecule has 1 amide bonds. The zero-order valence-corrected chi connectivity index (χ0v) is 19.2. The lowest BCUT2D eigenvalue weighted by Crippen LogP contribution is -2.53. The molecule has 1 atom stereocenters. The summed E-state index contributed by atoms with van der Waals surface area (Å²) in [6.45, 7) is 5.47. The van der Waals surface area contributed by atoms with E-state index in [2.05, 4.69) is 40.6 Å². The fourth-order valence-electron chi connectivity index (χ4n) is 4.27. The minimum Gasteiger partial charge on any atom is -0.404 e. The summed E-state index contributed by atoms with van der Waals surface area (Å²) < 4.78 is 3.59. The summed E-state index contributed by atoms with van der Waals surface area (Å²) in [5, 5.41) is 0. The van der Waals surface area contributed by atoms with E-state index in [9.17, 15) is 4.79 Å². The van der Waals surface area contributed by atoms with Crippen molar-refractivity contribution in [2.45, 2.75) is 61.9 Å². The van der Waals surface area contributed by atoms with Crippen LogP contribution in [0, 0.1) is 0 Å². The normalized spacial score (nSPS) is 24.5. The zero-order valence-electron chi connectivity index (χ0n) is 18.4. The average molecular weight is 439 g/mol. The molecule has 1 aromatic rings. The number of carbonyl (C=O) groups excluding carboxylic acids is 1. The van der Waals surface area contributed by atoms with E-state index in [-0.39, 0.29) is 17.5 Å². The fraction of sp³-hybridized carbons (Fsp3) is 0.522. The second-order valence-corrected chi connectivity index (χ2v) is 10.2. The summed E-state index contributed by atoms with van der Waals surface area (Å²) in [7, 11) is 1.71. The summed E-state index contributed by atoms with van der Waals surface area (Å²) in [6, 6.07) is 4.57. The van der Waals surface area contributed by atoms with Crippen LogP contribution in [0.25, 0.3) is 0 Å². The highest BCUT2D eigenvalue weighted by molar-refractivity contribution is 7.97. The number of hydrogen-bond donors (Lipinski definition) is 2. The van der Waals surface area contributed by atoms with Crippen LogP contribution in [0.3, 0.4) is 0 Å². The van der Waals surface area contributed by atoms with Gasteiger partial charge in [-0.3, -0.25) is 24.4 Å². The first-order chi connectivity index (χ1) is 14.9. The molecule has 2 fully saturated rings. The molecule has 0 saturated heterocycles. The van der Waals surface area contributed by atoms with Gasteiger partial charge in [0.2, 0.25) is 5.96 Å². The molecule has 3 N–H and O–H groups in total. The predicted molar refractivity (Wildman–Crippen MR) is 127 cm³/mol. The van der Waals surface area contributed by atoms with Crippen molar-refractivity contribution in [3.63, 3.8) is 0 Å². The third kappa shape index (κ3) is 3.76. The molecule has 2 aliphatic carbocycles. The topological polar surface area (TPSA) is 86.3 Å². The quantitative estimate of drug-likeness (QED) is 0.504. The van der Waals surface area contributed by atoms with E-state index in [0.29, 0.717) is 19.0 Å². The number of guanidine groups is 1. The molecular formula is C23H30N6OS. The number of carbonyl (C=O) groups is 1. The van der Waals surface area contributed by atoms with Gasteiger partial charge in [-0.05, 0) is 75.1 Å². The second-order valence-electron chi connectivity index (χ2n) is 9.33. The molecular weight excluding hydrogens is 408 g/mol. The Balaban J connectivity index is 1.57.